The van der Waals surface area contributed by atoms with Crippen molar-refractivity contribution in [2.75, 3.05) is 11.1 Å². The highest BCUT2D eigenvalue weighted by Gasteiger charge is 2.09. The molecule has 7 heteroatoms. The maximum atomic E-state index is 13.0. The van der Waals surface area contributed by atoms with Crippen LogP contribution in [0.15, 0.2) is 30.3 Å². The number of nitrogens with one attached hydrogen (secondary N) is 1. The molecule has 0 fully saturated rings. The van der Waals surface area contributed by atoms with Gasteiger partial charge in [-0.15, -0.1) is 0 Å². The third-order valence-electron chi connectivity index (χ3n) is 2.59. The third-order valence-corrected chi connectivity index (χ3v) is 2.88. The maximum absolute atomic E-state index is 13.0. The Bertz CT molecular complexity index is 664. The molecule has 0 spiro atoms. The van der Waals surface area contributed by atoms with Crippen molar-refractivity contribution in [2.45, 2.75) is 6.54 Å². The summed E-state index contributed by atoms with van der Waals surface area (Å²) in [5, 5.41) is 11.8. The number of carboxylic acids is 1. The fraction of sp³-hybridized carbons (Fsp3) is 0.0769. The zero-order valence-corrected chi connectivity index (χ0v) is 11.0. The number of anilines is 2. The molecule has 1 aromatic heterocycles. The molecule has 0 aliphatic rings. The number of hydrogen-bond donors (Lipinski definition) is 3. The van der Waals surface area contributed by atoms with Crippen LogP contribution in [-0.4, -0.2) is 16.1 Å². The van der Waals surface area contributed by atoms with Gasteiger partial charge >= 0.3 is 5.97 Å². The molecule has 0 bridgehead atoms. The third kappa shape index (κ3) is 3.16. The summed E-state index contributed by atoms with van der Waals surface area (Å²) in [5.74, 6) is -1.39. The number of aromatic nitrogens is 1. The summed E-state index contributed by atoms with van der Waals surface area (Å²) >= 11 is 5.67. The molecule has 0 saturated heterocycles. The highest BCUT2D eigenvalue weighted by Crippen LogP contribution is 2.19. The molecule has 1 aromatic carbocycles. The van der Waals surface area contributed by atoms with Gasteiger partial charge in [-0.1, -0.05) is 17.7 Å². The van der Waals surface area contributed by atoms with Gasteiger partial charge in [-0.3, -0.25) is 0 Å². The number of nitrogen functional groups attached to an aromatic ring is 1. The summed E-state index contributed by atoms with van der Waals surface area (Å²) < 4.78 is 13.0. The molecule has 0 aliphatic heterocycles. The molecule has 2 aromatic rings. The van der Waals surface area contributed by atoms with Crippen molar-refractivity contribution in [1.82, 2.24) is 4.98 Å². The van der Waals surface area contributed by atoms with Crippen molar-refractivity contribution >= 4 is 29.1 Å². The average Bonchev–Trinajstić information content (AvgIpc) is 2.41. The van der Waals surface area contributed by atoms with Gasteiger partial charge in [-0.2, -0.15) is 0 Å². The van der Waals surface area contributed by atoms with Crippen LogP contribution in [0.5, 0.6) is 0 Å². The van der Waals surface area contributed by atoms with E-state index in [0.717, 1.165) is 5.56 Å². The lowest BCUT2D eigenvalue weighted by atomic mass is 10.2. The van der Waals surface area contributed by atoms with E-state index in [-0.39, 0.29) is 16.5 Å². The van der Waals surface area contributed by atoms with Gasteiger partial charge in [0.2, 0.25) is 0 Å². The fourth-order valence-electron chi connectivity index (χ4n) is 1.57. The highest BCUT2D eigenvalue weighted by molar-refractivity contribution is 6.30. The van der Waals surface area contributed by atoms with Crippen LogP contribution in [0.1, 0.15) is 16.1 Å². The Hall–Kier alpha value is -2.34. The van der Waals surface area contributed by atoms with E-state index in [0.29, 0.717) is 12.2 Å². The summed E-state index contributed by atoms with van der Waals surface area (Å²) in [4.78, 5) is 14.7. The second-order valence-electron chi connectivity index (χ2n) is 4.04. The van der Waals surface area contributed by atoms with Crippen molar-refractivity contribution in [3.63, 3.8) is 0 Å². The number of rotatable bonds is 4. The summed E-state index contributed by atoms with van der Waals surface area (Å²) in [6.45, 7) is 0.292. The van der Waals surface area contributed by atoms with Gasteiger partial charge in [-0.05, 0) is 29.8 Å². The van der Waals surface area contributed by atoms with Crippen LogP contribution >= 0.6 is 11.6 Å². The van der Waals surface area contributed by atoms with E-state index in [2.05, 4.69) is 10.3 Å². The number of carboxylic acid groups (broad SMARTS) is 1. The number of hydrogen-bond acceptors (Lipinski definition) is 4. The highest BCUT2D eigenvalue weighted by atomic mass is 35.5. The molecule has 2 rings (SSSR count). The van der Waals surface area contributed by atoms with E-state index in [1.807, 2.05) is 0 Å². The van der Waals surface area contributed by atoms with Crippen molar-refractivity contribution in [3.8, 4) is 0 Å². The first-order chi connectivity index (χ1) is 9.47. The number of pyridine rings is 1. The Labute approximate surface area is 119 Å². The minimum atomic E-state index is -1.14. The number of nitrogens with two attached hydrogens (primary N) is 1. The molecule has 0 unspecified atom stereocenters. The van der Waals surface area contributed by atoms with Crippen molar-refractivity contribution in [3.05, 3.63) is 52.4 Å². The van der Waals surface area contributed by atoms with E-state index in [9.17, 15) is 9.18 Å². The zero-order valence-electron chi connectivity index (χ0n) is 10.2. The quantitative estimate of drug-likeness (QED) is 0.807. The first-order valence-electron chi connectivity index (χ1n) is 5.65. The lowest BCUT2D eigenvalue weighted by Crippen LogP contribution is -2.08. The van der Waals surface area contributed by atoms with Crippen LogP contribution < -0.4 is 11.1 Å². The molecule has 20 heavy (non-hydrogen) atoms. The molecule has 0 aliphatic carbocycles. The molecule has 0 amide bonds. The Balaban J connectivity index is 2.15. The van der Waals surface area contributed by atoms with Gasteiger partial charge < -0.3 is 16.2 Å². The maximum Gasteiger partial charge on any atom is 0.354 e. The van der Waals surface area contributed by atoms with E-state index in [1.54, 1.807) is 6.07 Å². The first kappa shape index (κ1) is 14.1. The van der Waals surface area contributed by atoms with E-state index in [1.165, 1.54) is 24.3 Å². The fourth-order valence-corrected chi connectivity index (χ4v) is 1.77. The number of benzene rings is 1. The van der Waals surface area contributed by atoms with Gasteiger partial charge in [0, 0.05) is 6.54 Å². The van der Waals surface area contributed by atoms with Crippen molar-refractivity contribution in [2.24, 2.45) is 0 Å². The van der Waals surface area contributed by atoms with Gasteiger partial charge in [0.15, 0.2) is 5.69 Å². The smallest absolute Gasteiger partial charge is 0.354 e. The standard InChI is InChI=1S/C13H11ClFN3O2/c14-8-5-7(1-2-9(8)15)6-17-12-10(16)3-4-11(18-12)13(19)20/h1-5H,6,16H2,(H,17,18)(H,19,20). The Morgan fingerprint density at radius 2 is 2.15 bits per heavy atom. The number of halogens is 2. The van der Waals surface area contributed by atoms with Crippen LogP contribution in [0.25, 0.3) is 0 Å². The minimum absolute atomic E-state index is 0.0181. The van der Waals surface area contributed by atoms with Gasteiger partial charge in [0.05, 0.1) is 10.7 Å². The predicted molar refractivity (Wildman–Crippen MR) is 74.3 cm³/mol. The molecular formula is C13H11ClFN3O2. The van der Waals surface area contributed by atoms with E-state index >= 15 is 0 Å². The van der Waals surface area contributed by atoms with Crippen LogP contribution in [0.2, 0.25) is 5.02 Å². The van der Waals surface area contributed by atoms with Crippen LogP contribution in [0, 0.1) is 5.82 Å². The van der Waals surface area contributed by atoms with Crippen molar-refractivity contribution in [1.29, 1.82) is 0 Å². The second-order valence-corrected chi connectivity index (χ2v) is 4.45. The number of aromatic carboxylic acids is 1. The summed E-state index contributed by atoms with van der Waals surface area (Å²) in [5.41, 5.74) is 6.63. The lowest BCUT2D eigenvalue weighted by Gasteiger charge is -2.09. The average molecular weight is 296 g/mol. The molecule has 4 N–H and O–H groups in total. The Morgan fingerprint density at radius 3 is 2.80 bits per heavy atom. The Morgan fingerprint density at radius 1 is 1.40 bits per heavy atom. The van der Waals surface area contributed by atoms with Gasteiger partial charge in [-0.25, -0.2) is 14.2 Å². The van der Waals surface area contributed by atoms with Crippen LogP contribution in [-0.2, 0) is 6.54 Å². The van der Waals surface area contributed by atoms with Gasteiger partial charge in [0.1, 0.15) is 11.6 Å². The molecule has 1 heterocycles. The van der Waals surface area contributed by atoms with E-state index < -0.39 is 11.8 Å². The van der Waals surface area contributed by atoms with Crippen molar-refractivity contribution < 1.29 is 14.3 Å². The monoisotopic (exact) mass is 295 g/mol. The zero-order chi connectivity index (χ0) is 14.7. The second kappa shape index (κ2) is 5.75. The Kier molecular flexibility index (Phi) is 4.05. The topological polar surface area (TPSA) is 88.2 Å². The largest absolute Gasteiger partial charge is 0.477 e. The lowest BCUT2D eigenvalue weighted by molar-refractivity contribution is 0.0690. The first-order valence-corrected chi connectivity index (χ1v) is 6.03. The molecule has 104 valence electrons. The summed E-state index contributed by atoms with van der Waals surface area (Å²) in [6, 6.07) is 7.06. The minimum Gasteiger partial charge on any atom is -0.477 e. The van der Waals surface area contributed by atoms with Crippen LogP contribution in [0.3, 0.4) is 0 Å². The molecular weight excluding hydrogens is 285 g/mol. The molecule has 0 saturated carbocycles. The molecule has 0 radical (unpaired) electrons. The predicted octanol–water partition coefficient (Wildman–Crippen LogP) is 2.77. The van der Waals surface area contributed by atoms with Gasteiger partial charge in [0.25, 0.3) is 0 Å². The summed E-state index contributed by atoms with van der Waals surface area (Å²) in [7, 11) is 0. The number of carbonyl (C=O) groups is 1. The van der Waals surface area contributed by atoms with Crippen LogP contribution in [0.4, 0.5) is 15.9 Å². The van der Waals surface area contributed by atoms with E-state index in [4.69, 9.17) is 22.4 Å². The summed E-state index contributed by atoms with van der Waals surface area (Å²) in [6.07, 6.45) is 0. The SMILES string of the molecule is Nc1ccc(C(=O)O)nc1NCc1ccc(F)c(Cl)c1. The number of nitrogens with zero attached hydrogens (tertiary/aromatic N) is 1. The normalized spacial score (nSPS) is 10.3. The molecule has 5 nitrogen and oxygen atoms in total. The molecule has 0 atom stereocenters.